The van der Waals surface area contributed by atoms with Crippen molar-refractivity contribution in [1.29, 1.82) is 0 Å². The van der Waals surface area contributed by atoms with E-state index in [1.165, 1.54) is 22.2 Å². The number of rotatable bonds is 11. The highest BCUT2D eigenvalue weighted by atomic mass is 35.5. The maximum Gasteiger partial charge on any atom is 0.265 e. The number of hydrogen-bond acceptors (Lipinski definition) is 6. The van der Waals surface area contributed by atoms with Gasteiger partial charge in [0.25, 0.3) is 5.91 Å². The molecular weight excluding hydrogens is 490 g/mol. The monoisotopic (exact) mass is 519 g/mol. The molecule has 1 amide bonds. The Morgan fingerprint density at radius 3 is 2.44 bits per heavy atom. The zero-order valence-electron chi connectivity index (χ0n) is 19.9. The van der Waals surface area contributed by atoms with Crippen LogP contribution in [-0.2, 0) is 4.79 Å². The summed E-state index contributed by atoms with van der Waals surface area (Å²) < 4.78 is 18.1. The molecule has 0 aromatic heterocycles. The van der Waals surface area contributed by atoms with E-state index in [0.717, 1.165) is 17.7 Å². The van der Waals surface area contributed by atoms with E-state index < -0.39 is 0 Å². The molecule has 0 spiro atoms. The second kappa shape index (κ2) is 12.5. The quantitative estimate of drug-likeness (QED) is 0.182. The lowest BCUT2D eigenvalue weighted by Gasteiger charge is -2.15. The van der Waals surface area contributed by atoms with E-state index in [2.05, 4.69) is 26.0 Å². The molecule has 0 bridgehead atoms. The van der Waals surface area contributed by atoms with Crippen molar-refractivity contribution in [3.05, 3.63) is 57.5 Å². The first-order valence-corrected chi connectivity index (χ1v) is 13.0. The number of ether oxygens (including phenoxy) is 3. The average molecular weight is 520 g/mol. The van der Waals surface area contributed by atoms with Crippen molar-refractivity contribution in [2.24, 2.45) is 0 Å². The first-order chi connectivity index (χ1) is 16.3. The molecule has 1 aliphatic heterocycles. The molecule has 1 fully saturated rings. The Morgan fingerprint density at radius 2 is 1.82 bits per heavy atom. The fraction of sp³-hybridized carbons (Fsp3) is 0.385. The maximum absolute atomic E-state index is 12.3. The second-order valence-electron chi connectivity index (χ2n) is 7.93. The van der Waals surface area contributed by atoms with Crippen LogP contribution in [0.5, 0.6) is 17.2 Å². The van der Waals surface area contributed by atoms with Crippen molar-refractivity contribution >= 4 is 51.9 Å². The van der Waals surface area contributed by atoms with E-state index in [0.29, 0.717) is 57.9 Å². The fourth-order valence-electron chi connectivity index (χ4n) is 3.32. The van der Waals surface area contributed by atoms with Crippen LogP contribution in [0.4, 0.5) is 0 Å². The lowest BCUT2D eigenvalue weighted by Crippen LogP contribution is -2.22. The third kappa shape index (κ3) is 6.68. The number of halogens is 1. The summed E-state index contributed by atoms with van der Waals surface area (Å²) >= 11 is 13.0. The van der Waals surface area contributed by atoms with Crippen LogP contribution in [-0.4, -0.2) is 42.0 Å². The molecule has 5 nitrogen and oxygen atoms in total. The van der Waals surface area contributed by atoms with E-state index in [-0.39, 0.29) is 5.91 Å². The molecular formula is C26H30ClNO4S2. The molecule has 182 valence electrons. The van der Waals surface area contributed by atoms with Gasteiger partial charge in [0, 0.05) is 13.5 Å². The molecule has 0 aliphatic carbocycles. The molecule has 1 atom stereocenters. The van der Waals surface area contributed by atoms with E-state index in [1.54, 1.807) is 19.2 Å². The topological polar surface area (TPSA) is 48.0 Å². The average Bonchev–Trinajstić information content (AvgIpc) is 3.06. The van der Waals surface area contributed by atoms with Gasteiger partial charge in [-0.2, -0.15) is 0 Å². The Labute approximate surface area is 216 Å². The van der Waals surface area contributed by atoms with E-state index in [1.807, 2.05) is 25.1 Å². The summed E-state index contributed by atoms with van der Waals surface area (Å²) in [5.74, 6) is 2.29. The minimum Gasteiger partial charge on any atom is -0.493 e. The number of carbonyl (C=O) groups is 1. The van der Waals surface area contributed by atoms with Crippen molar-refractivity contribution in [3.8, 4) is 17.2 Å². The lowest BCUT2D eigenvalue weighted by molar-refractivity contribution is -0.121. The molecule has 34 heavy (non-hydrogen) atoms. The van der Waals surface area contributed by atoms with E-state index in [4.69, 9.17) is 38.0 Å². The van der Waals surface area contributed by atoms with Gasteiger partial charge >= 0.3 is 0 Å². The van der Waals surface area contributed by atoms with E-state index in [9.17, 15) is 4.79 Å². The highest BCUT2D eigenvalue weighted by Crippen LogP contribution is 2.39. The Hall–Kier alpha value is -2.22. The zero-order valence-corrected chi connectivity index (χ0v) is 22.3. The number of benzene rings is 2. The standard InChI is InChI=1S/C26H30ClNO4S2/c1-5-17(3)19-8-10-20(11-9-19)31-12-7-13-32-24-21(27)14-18(15-22(24)30-6-2)16-23-25(29)28(4)26(33)34-23/h8-11,14-17H,5-7,12-13H2,1-4H3/b23-16+. The van der Waals surface area contributed by atoms with Crippen LogP contribution in [0, 0.1) is 0 Å². The van der Waals surface area contributed by atoms with Crippen molar-refractivity contribution in [3.63, 3.8) is 0 Å². The number of nitrogens with zero attached hydrogens (tertiary/aromatic N) is 1. The molecule has 1 saturated heterocycles. The van der Waals surface area contributed by atoms with Gasteiger partial charge in [-0.05, 0) is 60.7 Å². The molecule has 2 aromatic rings. The van der Waals surface area contributed by atoms with Gasteiger partial charge in [0.2, 0.25) is 0 Å². The summed E-state index contributed by atoms with van der Waals surface area (Å²) in [5, 5.41) is 0.422. The van der Waals surface area contributed by atoms with Crippen LogP contribution >= 0.6 is 35.6 Å². The predicted molar refractivity (Wildman–Crippen MR) is 144 cm³/mol. The van der Waals surface area contributed by atoms with Crippen molar-refractivity contribution < 1.29 is 19.0 Å². The highest BCUT2D eigenvalue weighted by Gasteiger charge is 2.28. The van der Waals surface area contributed by atoms with Gasteiger partial charge in [-0.3, -0.25) is 9.69 Å². The number of hydrogen-bond donors (Lipinski definition) is 0. The van der Waals surface area contributed by atoms with Crippen LogP contribution in [0.2, 0.25) is 5.02 Å². The molecule has 0 N–H and O–H groups in total. The van der Waals surface area contributed by atoms with Gasteiger partial charge in [0.1, 0.15) is 10.1 Å². The van der Waals surface area contributed by atoms with Crippen LogP contribution < -0.4 is 14.2 Å². The number of carbonyl (C=O) groups excluding carboxylic acids is 1. The number of likely N-dealkylation sites (N-methyl/N-ethyl adjacent to an activating group) is 1. The summed E-state index contributed by atoms with van der Waals surface area (Å²) in [5.41, 5.74) is 2.07. The number of thiocarbonyl (C=S) groups is 1. The summed E-state index contributed by atoms with van der Waals surface area (Å²) in [7, 11) is 1.67. The number of thioether (sulfide) groups is 1. The van der Waals surface area contributed by atoms with Crippen LogP contribution in [0.25, 0.3) is 6.08 Å². The Balaban J connectivity index is 1.59. The third-order valence-corrected chi connectivity index (χ3v) is 7.25. The zero-order chi connectivity index (χ0) is 24.7. The molecule has 1 unspecified atom stereocenters. The fourth-order valence-corrected chi connectivity index (χ4v) is 4.78. The van der Waals surface area contributed by atoms with Gasteiger partial charge in [-0.1, -0.05) is 61.6 Å². The molecule has 8 heteroatoms. The minimum atomic E-state index is -0.126. The molecule has 0 saturated carbocycles. The van der Waals surface area contributed by atoms with Gasteiger partial charge in [0.05, 0.1) is 29.7 Å². The van der Waals surface area contributed by atoms with Gasteiger partial charge in [-0.25, -0.2) is 0 Å². The second-order valence-corrected chi connectivity index (χ2v) is 10.0. The highest BCUT2D eigenvalue weighted by molar-refractivity contribution is 8.26. The van der Waals surface area contributed by atoms with Crippen LogP contribution in [0.3, 0.4) is 0 Å². The molecule has 3 rings (SSSR count). The number of amides is 1. The summed E-state index contributed by atoms with van der Waals surface area (Å²) in [6, 6.07) is 11.8. The van der Waals surface area contributed by atoms with Gasteiger partial charge < -0.3 is 14.2 Å². The van der Waals surface area contributed by atoms with Crippen LogP contribution in [0.15, 0.2) is 41.3 Å². The summed E-state index contributed by atoms with van der Waals surface area (Å²) in [6.45, 7) is 7.72. The van der Waals surface area contributed by atoms with Crippen molar-refractivity contribution in [2.75, 3.05) is 26.9 Å². The Morgan fingerprint density at radius 1 is 1.12 bits per heavy atom. The molecule has 0 radical (unpaired) electrons. The van der Waals surface area contributed by atoms with Gasteiger partial charge in [-0.15, -0.1) is 0 Å². The molecule has 1 heterocycles. The Bertz CT molecular complexity index is 1060. The third-order valence-electron chi connectivity index (χ3n) is 5.48. The van der Waals surface area contributed by atoms with Crippen molar-refractivity contribution in [1.82, 2.24) is 4.90 Å². The SMILES string of the molecule is CCOc1cc(/C=C2/SC(=S)N(C)C2=O)cc(Cl)c1OCCCOc1ccc(C(C)CC)cc1. The van der Waals surface area contributed by atoms with Crippen molar-refractivity contribution in [2.45, 2.75) is 39.5 Å². The van der Waals surface area contributed by atoms with Crippen LogP contribution in [0.1, 0.15) is 50.7 Å². The molecule has 2 aromatic carbocycles. The summed E-state index contributed by atoms with van der Waals surface area (Å²) in [6.07, 6.45) is 3.57. The first-order valence-electron chi connectivity index (χ1n) is 11.4. The predicted octanol–water partition coefficient (Wildman–Crippen LogP) is 6.93. The molecule has 1 aliphatic rings. The normalized spacial score (nSPS) is 15.7. The maximum atomic E-state index is 12.3. The Kier molecular flexibility index (Phi) is 9.68. The summed E-state index contributed by atoms with van der Waals surface area (Å²) in [4.78, 5) is 14.3. The first kappa shape index (κ1) is 26.4. The largest absolute Gasteiger partial charge is 0.493 e. The lowest BCUT2D eigenvalue weighted by atomic mass is 9.99. The smallest absolute Gasteiger partial charge is 0.265 e. The van der Waals surface area contributed by atoms with E-state index >= 15 is 0 Å². The van der Waals surface area contributed by atoms with Gasteiger partial charge in [0.15, 0.2) is 11.5 Å². The minimum absolute atomic E-state index is 0.126.